The monoisotopic (exact) mass is 304 g/mol. The van der Waals surface area contributed by atoms with Gasteiger partial charge >= 0.3 is 0 Å². The number of primary amides is 1. The molecule has 1 atom stereocenters. The van der Waals surface area contributed by atoms with Crippen molar-refractivity contribution in [3.8, 4) is 0 Å². The Kier molecular flexibility index (Phi) is 4.59. The van der Waals surface area contributed by atoms with E-state index in [9.17, 15) is 14.0 Å². The SMILES string of the molecule is COC(C(N)=O)C(=O)Nc1cc(F)cc(Br)c1. The Hall–Kier alpha value is -1.47. The first-order valence-corrected chi connectivity index (χ1v) is 5.32. The van der Waals surface area contributed by atoms with E-state index in [1.165, 1.54) is 19.2 Å². The first-order valence-electron chi connectivity index (χ1n) is 4.53. The van der Waals surface area contributed by atoms with Crippen molar-refractivity contribution in [3.05, 3.63) is 28.5 Å². The van der Waals surface area contributed by atoms with Crippen LogP contribution in [0, 0.1) is 5.82 Å². The molecule has 3 N–H and O–H groups in total. The number of anilines is 1. The Labute approximate surface area is 105 Å². The molecule has 0 heterocycles. The topological polar surface area (TPSA) is 81.4 Å². The van der Waals surface area contributed by atoms with Crippen molar-refractivity contribution in [3.63, 3.8) is 0 Å². The smallest absolute Gasteiger partial charge is 0.263 e. The lowest BCUT2D eigenvalue weighted by molar-refractivity contribution is -0.138. The number of hydrogen-bond donors (Lipinski definition) is 2. The van der Waals surface area contributed by atoms with E-state index >= 15 is 0 Å². The van der Waals surface area contributed by atoms with Gasteiger partial charge in [-0.1, -0.05) is 15.9 Å². The third-order valence-electron chi connectivity index (χ3n) is 1.86. The molecule has 1 unspecified atom stereocenters. The van der Waals surface area contributed by atoms with Crippen LogP contribution in [0.25, 0.3) is 0 Å². The summed E-state index contributed by atoms with van der Waals surface area (Å²) in [5.74, 6) is -2.19. The first-order chi connectivity index (χ1) is 7.93. The van der Waals surface area contributed by atoms with Gasteiger partial charge in [0.25, 0.3) is 11.8 Å². The number of carbonyl (C=O) groups excluding carboxylic acids is 2. The maximum absolute atomic E-state index is 13.0. The minimum absolute atomic E-state index is 0.199. The summed E-state index contributed by atoms with van der Waals surface area (Å²) in [6.07, 6.45) is -1.41. The van der Waals surface area contributed by atoms with Gasteiger partial charge in [-0.25, -0.2) is 4.39 Å². The molecule has 1 aromatic carbocycles. The number of amides is 2. The molecular weight excluding hydrogens is 295 g/mol. The number of hydrogen-bond acceptors (Lipinski definition) is 3. The predicted octanol–water partition coefficient (Wildman–Crippen LogP) is 1.03. The molecule has 0 fully saturated rings. The zero-order chi connectivity index (χ0) is 13.0. The number of methoxy groups -OCH3 is 1. The van der Waals surface area contributed by atoms with Gasteiger partial charge in [0.1, 0.15) is 5.82 Å². The maximum Gasteiger partial charge on any atom is 0.263 e. The van der Waals surface area contributed by atoms with Crippen LogP contribution in [0.1, 0.15) is 0 Å². The van der Waals surface area contributed by atoms with Crippen LogP contribution < -0.4 is 11.1 Å². The normalized spacial score (nSPS) is 11.9. The lowest BCUT2D eigenvalue weighted by Crippen LogP contribution is -2.40. The van der Waals surface area contributed by atoms with E-state index in [1.807, 2.05) is 0 Å². The van der Waals surface area contributed by atoms with E-state index in [1.54, 1.807) is 0 Å². The van der Waals surface area contributed by atoms with Gasteiger partial charge in [-0.15, -0.1) is 0 Å². The van der Waals surface area contributed by atoms with Crippen LogP contribution in [0.4, 0.5) is 10.1 Å². The average Bonchev–Trinajstić information content (AvgIpc) is 2.15. The van der Waals surface area contributed by atoms with Crippen LogP contribution in [-0.2, 0) is 14.3 Å². The molecule has 17 heavy (non-hydrogen) atoms. The van der Waals surface area contributed by atoms with Crippen molar-refractivity contribution in [1.82, 2.24) is 0 Å². The summed E-state index contributed by atoms with van der Waals surface area (Å²) < 4.78 is 18.1. The standard InChI is InChI=1S/C10H10BrFN2O3/c1-17-8(9(13)15)10(16)14-7-3-5(11)2-6(12)4-7/h2-4,8H,1H3,(H2,13,15)(H,14,16). The minimum atomic E-state index is -1.41. The second kappa shape index (κ2) is 5.74. The van der Waals surface area contributed by atoms with Gasteiger partial charge in [0.05, 0.1) is 0 Å². The third-order valence-corrected chi connectivity index (χ3v) is 2.32. The van der Waals surface area contributed by atoms with E-state index in [-0.39, 0.29) is 5.69 Å². The van der Waals surface area contributed by atoms with Crippen LogP contribution in [0.5, 0.6) is 0 Å². The zero-order valence-corrected chi connectivity index (χ0v) is 10.5. The van der Waals surface area contributed by atoms with Crippen LogP contribution in [0.15, 0.2) is 22.7 Å². The summed E-state index contributed by atoms with van der Waals surface area (Å²) in [5, 5.41) is 2.32. The summed E-state index contributed by atoms with van der Waals surface area (Å²) in [7, 11) is 1.18. The highest BCUT2D eigenvalue weighted by molar-refractivity contribution is 9.10. The summed E-state index contributed by atoms with van der Waals surface area (Å²) >= 11 is 3.07. The maximum atomic E-state index is 13.0. The van der Waals surface area contributed by atoms with Crippen molar-refractivity contribution in [2.24, 2.45) is 5.73 Å². The van der Waals surface area contributed by atoms with E-state index in [0.29, 0.717) is 4.47 Å². The van der Waals surface area contributed by atoms with Gasteiger partial charge in [0, 0.05) is 17.3 Å². The fourth-order valence-corrected chi connectivity index (χ4v) is 1.65. The van der Waals surface area contributed by atoms with Crippen LogP contribution in [0.3, 0.4) is 0 Å². The van der Waals surface area contributed by atoms with Crippen molar-refractivity contribution in [2.75, 3.05) is 12.4 Å². The second-order valence-electron chi connectivity index (χ2n) is 3.17. The molecular formula is C10H10BrFN2O3. The quantitative estimate of drug-likeness (QED) is 0.815. The Morgan fingerprint density at radius 3 is 2.59 bits per heavy atom. The fraction of sp³-hybridized carbons (Fsp3) is 0.200. The zero-order valence-electron chi connectivity index (χ0n) is 8.87. The number of carbonyl (C=O) groups is 2. The number of nitrogens with two attached hydrogens (primary N) is 1. The third kappa shape index (κ3) is 3.79. The lowest BCUT2D eigenvalue weighted by Gasteiger charge is -2.12. The Balaban J connectivity index is 2.83. The first kappa shape index (κ1) is 13.6. The second-order valence-corrected chi connectivity index (χ2v) is 4.08. The Morgan fingerprint density at radius 2 is 2.12 bits per heavy atom. The molecule has 5 nitrogen and oxygen atoms in total. The summed E-state index contributed by atoms with van der Waals surface area (Å²) in [4.78, 5) is 22.4. The van der Waals surface area contributed by atoms with Gasteiger partial charge in [-0.3, -0.25) is 9.59 Å². The fourth-order valence-electron chi connectivity index (χ4n) is 1.19. The largest absolute Gasteiger partial charge is 0.367 e. The van der Waals surface area contributed by atoms with Gasteiger partial charge in [-0.05, 0) is 18.2 Å². The minimum Gasteiger partial charge on any atom is -0.367 e. The van der Waals surface area contributed by atoms with Crippen LogP contribution in [0.2, 0.25) is 0 Å². The average molecular weight is 305 g/mol. The molecule has 0 aromatic heterocycles. The van der Waals surface area contributed by atoms with Gasteiger partial charge in [-0.2, -0.15) is 0 Å². The molecule has 2 amide bonds. The van der Waals surface area contributed by atoms with Gasteiger partial charge in [0.2, 0.25) is 6.10 Å². The number of benzene rings is 1. The lowest BCUT2D eigenvalue weighted by atomic mass is 10.2. The van der Waals surface area contributed by atoms with Crippen LogP contribution in [-0.4, -0.2) is 25.0 Å². The molecule has 0 saturated heterocycles. The summed E-state index contributed by atoms with van der Waals surface area (Å²) in [5.41, 5.74) is 5.15. The van der Waals surface area contributed by atoms with E-state index in [4.69, 9.17) is 5.73 Å². The summed E-state index contributed by atoms with van der Waals surface area (Å²) in [6.45, 7) is 0. The molecule has 1 aromatic rings. The predicted molar refractivity (Wildman–Crippen MR) is 62.7 cm³/mol. The van der Waals surface area contributed by atoms with Crippen LogP contribution >= 0.6 is 15.9 Å². The van der Waals surface area contributed by atoms with E-state index in [0.717, 1.165) is 6.07 Å². The molecule has 0 aliphatic carbocycles. The number of halogens is 2. The molecule has 0 radical (unpaired) electrons. The molecule has 0 bridgehead atoms. The van der Waals surface area contributed by atoms with E-state index < -0.39 is 23.7 Å². The molecule has 7 heteroatoms. The highest BCUT2D eigenvalue weighted by Crippen LogP contribution is 2.18. The number of rotatable bonds is 4. The van der Waals surface area contributed by atoms with Crippen molar-refractivity contribution in [2.45, 2.75) is 6.10 Å². The molecule has 0 aliphatic rings. The van der Waals surface area contributed by atoms with E-state index in [2.05, 4.69) is 26.0 Å². The number of ether oxygens (including phenoxy) is 1. The highest BCUT2D eigenvalue weighted by Gasteiger charge is 2.23. The summed E-state index contributed by atoms with van der Waals surface area (Å²) in [6, 6.07) is 3.82. The molecule has 1 rings (SSSR count). The molecule has 0 saturated carbocycles. The van der Waals surface area contributed by atoms with Crippen molar-refractivity contribution < 1.29 is 18.7 Å². The molecule has 0 spiro atoms. The van der Waals surface area contributed by atoms with Gasteiger partial charge < -0.3 is 15.8 Å². The molecule has 92 valence electrons. The van der Waals surface area contributed by atoms with Crippen molar-refractivity contribution in [1.29, 1.82) is 0 Å². The number of nitrogens with one attached hydrogen (secondary N) is 1. The highest BCUT2D eigenvalue weighted by atomic mass is 79.9. The van der Waals surface area contributed by atoms with Gasteiger partial charge in [0.15, 0.2) is 0 Å². The Morgan fingerprint density at radius 1 is 1.47 bits per heavy atom. The van der Waals surface area contributed by atoms with Crippen molar-refractivity contribution >= 4 is 33.4 Å². The Bertz CT molecular complexity index is 433. The molecule has 0 aliphatic heterocycles.